The molecular weight excluding hydrogens is 459 g/mol. The van der Waals surface area contributed by atoms with Crippen LogP contribution >= 0.6 is 0 Å². The molecule has 1 aliphatic rings. The average molecular weight is 492 g/mol. The van der Waals surface area contributed by atoms with Gasteiger partial charge in [-0.15, -0.1) is 0 Å². The van der Waals surface area contributed by atoms with Crippen LogP contribution in [0.15, 0.2) is 66.7 Å². The fourth-order valence-electron chi connectivity index (χ4n) is 5.36. The minimum Gasteiger partial charge on any atom is -0.357 e. The first-order chi connectivity index (χ1) is 17.2. The summed E-state index contributed by atoms with van der Waals surface area (Å²) in [6, 6.07) is 20.5. The molecule has 36 heavy (non-hydrogen) atoms. The van der Waals surface area contributed by atoms with E-state index in [-0.39, 0.29) is 6.04 Å². The number of aryl methyl sites for hydroxylation is 2. The van der Waals surface area contributed by atoms with Gasteiger partial charge in [0.15, 0.2) is 0 Å². The minimum atomic E-state index is -4.38. The zero-order valence-electron chi connectivity index (χ0n) is 21.0. The molecular formula is C30H32F3N3. The maximum atomic E-state index is 13.5. The van der Waals surface area contributed by atoms with Crippen LogP contribution in [-0.2, 0) is 12.7 Å². The molecule has 1 atom stereocenters. The number of nitrogens with one attached hydrogen (secondary N) is 1. The van der Waals surface area contributed by atoms with E-state index in [1.807, 2.05) is 19.1 Å². The second-order valence-corrected chi connectivity index (χ2v) is 10.0. The molecule has 1 aliphatic heterocycles. The SMILES string of the molecule is Cc1cccc(CN2CCN(C(C)c3[nH]c4ccc(C)cc4c3-c3cccc(C(F)(F)F)c3)CC2)c1. The van der Waals surface area contributed by atoms with E-state index in [1.54, 1.807) is 6.07 Å². The van der Waals surface area contributed by atoms with Gasteiger partial charge in [0, 0.05) is 60.9 Å². The molecule has 188 valence electrons. The topological polar surface area (TPSA) is 22.3 Å². The van der Waals surface area contributed by atoms with Crippen molar-refractivity contribution in [1.82, 2.24) is 14.8 Å². The number of aromatic amines is 1. The standard InChI is InChI=1S/C30H32F3N3/c1-20-6-4-7-23(16-20)19-35-12-14-36(15-13-35)22(3)29-28(26-17-21(2)10-11-27(26)34-29)24-8-5-9-25(18-24)30(31,32)33/h4-11,16-18,22,34H,12-15,19H2,1-3H3. The molecule has 1 fully saturated rings. The summed E-state index contributed by atoms with van der Waals surface area (Å²) in [5.74, 6) is 0. The van der Waals surface area contributed by atoms with Crippen LogP contribution in [0, 0.1) is 13.8 Å². The minimum absolute atomic E-state index is 0.0448. The number of halogens is 3. The summed E-state index contributed by atoms with van der Waals surface area (Å²) in [4.78, 5) is 8.47. The molecule has 0 radical (unpaired) electrons. The van der Waals surface area contributed by atoms with Crippen LogP contribution in [-0.4, -0.2) is 41.0 Å². The van der Waals surface area contributed by atoms with Crippen LogP contribution in [0.1, 0.15) is 40.9 Å². The summed E-state index contributed by atoms with van der Waals surface area (Å²) in [6.45, 7) is 10.9. The Morgan fingerprint density at radius 2 is 1.58 bits per heavy atom. The molecule has 5 rings (SSSR count). The number of aromatic nitrogens is 1. The fraction of sp³-hybridized carbons (Fsp3) is 0.333. The highest BCUT2D eigenvalue weighted by Gasteiger charge is 2.32. The van der Waals surface area contributed by atoms with Crippen LogP contribution in [0.25, 0.3) is 22.0 Å². The van der Waals surface area contributed by atoms with Crippen LogP contribution in [0.5, 0.6) is 0 Å². The van der Waals surface area contributed by atoms with Crippen molar-refractivity contribution in [3.63, 3.8) is 0 Å². The summed E-state index contributed by atoms with van der Waals surface area (Å²) < 4.78 is 40.6. The monoisotopic (exact) mass is 491 g/mol. The molecule has 0 aliphatic carbocycles. The smallest absolute Gasteiger partial charge is 0.357 e. The number of nitrogens with zero attached hydrogens (tertiary/aromatic N) is 2. The maximum absolute atomic E-state index is 13.5. The van der Waals surface area contributed by atoms with Gasteiger partial charge in [-0.1, -0.05) is 53.6 Å². The maximum Gasteiger partial charge on any atom is 0.416 e. The van der Waals surface area contributed by atoms with E-state index in [1.165, 1.54) is 23.3 Å². The Balaban J connectivity index is 1.43. The molecule has 1 N–H and O–H groups in total. The molecule has 6 heteroatoms. The molecule has 0 saturated carbocycles. The largest absolute Gasteiger partial charge is 0.416 e. The second-order valence-electron chi connectivity index (χ2n) is 10.0. The van der Waals surface area contributed by atoms with E-state index in [2.05, 4.69) is 59.0 Å². The summed E-state index contributed by atoms with van der Waals surface area (Å²) in [5, 5.41) is 0.967. The molecule has 1 saturated heterocycles. The number of piperazine rings is 1. The molecule has 2 heterocycles. The van der Waals surface area contributed by atoms with Crippen molar-refractivity contribution in [1.29, 1.82) is 0 Å². The van der Waals surface area contributed by atoms with E-state index in [4.69, 9.17) is 0 Å². The summed E-state index contributed by atoms with van der Waals surface area (Å²) >= 11 is 0. The summed E-state index contributed by atoms with van der Waals surface area (Å²) in [6.07, 6.45) is -4.38. The van der Waals surface area contributed by atoms with E-state index in [9.17, 15) is 13.2 Å². The van der Waals surface area contributed by atoms with Crippen LogP contribution in [0.2, 0.25) is 0 Å². The van der Waals surface area contributed by atoms with Gasteiger partial charge < -0.3 is 4.98 Å². The van der Waals surface area contributed by atoms with Gasteiger partial charge in [-0.05, 0) is 56.2 Å². The van der Waals surface area contributed by atoms with Crippen molar-refractivity contribution in [2.45, 2.75) is 39.5 Å². The first-order valence-corrected chi connectivity index (χ1v) is 12.5. The molecule has 0 bridgehead atoms. The lowest BCUT2D eigenvalue weighted by molar-refractivity contribution is -0.137. The zero-order chi connectivity index (χ0) is 25.4. The van der Waals surface area contributed by atoms with E-state index < -0.39 is 11.7 Å². The molecule has 3 nitrogen and oxygen atoms in total. The molecule has 1 aromatic heterocycles. The Labute approximate surface area is 210 Å². The molecule has 3 aromatic carbocycles. The number of hydrogen-bond acceptors (Lipinski definition) is 2. The third-order valence-electron chi connectivity index (χ3n) is 7.32. The summed E-state index contributed by atoms with van der Waals surface area (Å²) in [5.41, 5.74) is 6.46. The quantitative estimate of drug-likeness (QED) is 0.315. The van der Waals surface area contributed by atoms with E-state index in [0.29, 0.717) is 5.56 Å². The predicted molar refractivity (Wildman–Crippen MR) is 140 cm³/mol. The van der Waals surface area contributed by atoms with Gasteiger partial charge >= 0.3 is 6.18 Å². The number of H-pyrrole nitrogens is 1. The van der Waals surface area contributed by atoms with Crippen molar-refractivity contribution in [3.8, 4) is 11.1 Å². The van der Waals surface area contributed by atoms with Gasteiger partial charge in [0.2, 0.25) is 0 Å². The highest BCUT2D eigenvalue weighted by atomic mass is 19.4. The number of alkyl halides is 3. The van der Waals surface area contributed by atoms with Crippen LogP contribution in [0.3, 0.4) is 0 Å². The number of rotatable bonds is 5. The Morgan fingerprint density at radius 1 is 0.861 bits per heavy atom. The van der Waals surface area contributed by atoms with E-state index in [0.717, 1.165) is 66.5 Å². The third kappa shape index (κ3) is 5.06. The van der Waals surface area contributed by atoms with Gasteiger partial charge in [-0.3, -0.25) is 9.80 Å². The molecule has 0 spiro atoms. The van der Waals surface area contributed by atoms with Crippen LogP contribution < -0.4 is 0 Å². The second kappa shape index (κ2) is 9.75. The molecule has 1 unspecified atom stereocenters. The third-order valence-corrected chi connectivity index (χ3v) is 7.32. The Kier molecular flexibility index (Phi) is 6.66. The first kappa shape index (κ1) is 24.6. The van der Waals surface area contributed by atoms with Gasteiger partial charge in [0.05, 0.1) is 5.56 Å². The van der Waals surface area contributed by atoms with Crippen molar-refractivity contribution in [3.05, 3.63) is 94.7 Å². The van der Waals surface area contributed by atoms with Gasteiger partial charge in [-0.25, -0.2) is 0 Å². The van der Waals surface area contributed by atoms with E-state index >= 15 is 0 Å². The van der Waals surface area contributed by atoms with Crippen LogP contribution in [0.4, 0.5) is 13.2 Å². The highest BCUT2D eigenvalue weighted by Crippen LogP contribution is 2.40. The highest BCUT2D eigenvalue weighted by molar-refractivity contribution is 5.98. The lowest BCUT2D eigenvalue weighted by atomic mass is 9.96. The number of hydrogen-bond donors (Lipinski definition) is 1. The Bertz CT molecular complexity index is 1360. The lowest BCUT2D eigenvalue weighted by Gasteiger charge is -2.38. The first-order valence-electron chi connectivity index (χ1n) is 12.5. The van der Waals surface area contributed by atoms with Crippen molar-refractivity contribution < 1.29 is 13.2 Å². The molecule has 4 aromatic rings. The van der Waals surface area contributed by atoms with Gasteiger partial charge in [0.1, 0.15) is 0 Å². The van der Waals surface area contributed by atoms with Gasteiger partial charge in [-0.2, -0.15) is 13.2 Å². The van der Waals surface area contributed by atoms with Crippen molar-refractivity contribution >= 4 is 10.9 Å². The number of fused-ring (bicyclic) bond motifs is 1. The van der Waals surface area contributed by atoms with Crippen molar-refractivity contribution in [2.24, 2.45) is 0 Å². The fourth-order valence-corrected chi connectivity index (χ4v) is 5.36. The lowest BCUT2D eigenvalue weighted by Crippen LogP contribution is -2.46. The molecule has 0 amide bonds. The average Bonchev–Trinajstić information content (AvgIpc) is 3.22. The van der Waals surface area contributed by atoms with Gasteiger partial charge in [0.25, 0.3) is 0 Å². The Hall–Kier alpha value is -3.09. The number of benzene rings is 3. The normalized spacial score (nSPS) is 16.5. The zero-order valence-corrected chi connectivity index (χ0v) is 21.0. The Morgan fingerprint density at radius 3 is 2.31 bits per heavy atom. The predicted octanol–water partition coefficient (Wildman–Crippen LogP) is 7.35. The van der Waals surface area contributed by atoms with Crippen molar-refractivity contribution in [2.75, 3.05) is 26.2 Å². The summed E-state index contributed by atoms with van der Waals surface area (Å²) in [7, 11) is 0.